The summed E-state index contributed by atoms with van der Waals surface area (Å²) in [6, 6.07) is 0. The predicted molar refractivity (Wildman–Crippen MR) is 40.9 cm³/mol. The first kappa shape index (κ1) is 9.36. The van der Waals surface area contributed by atoms with Gasteiger partial charge in [-0.3, -0.25) is 0 Å². The van der Waals surface area contributed by atoms with Gasteiger partial charge in [-0.2, -0.15) is 0 Å². The third kappa shape index (κ3) is 3.45. The summed E-state index contributed by atoms with van der Waals surface area (Å²) in [5, 5.41) is 0. The lowest BCUT2D eigenvalue weighted by molar-refractivity contribution is 0.0235. The highest BCUT2D eigenvalue weighted by molar-refractivity contribution is 7.39. The van der Waals surface area contributed by atoms with E-state index in [2.05, 4.69) is 4.52 Å². The summed E-state index contributed by atoms with van der Waals surface area (Å²) in [7, 11) is -2.21. The van der Waals surface area contributed by atoms with Crippen LogP contribution < -0.4 is 0 Å². The zero-order chi connectivity index (χ0) is 8.27. The fourth-order valence-corrected chi connectivity index (χ4v) is 1.46. The molecule has 0 saturated carbocycles. The molecule has 0 bridgehead atoms. The van der Waals surface area contributed by atoms with Crippen molar-refractivity contribution in [2.24, 2.45) is 0 Å². The molecule has 0 radical (unpaired) electrons. The quantitative estimate of drug-likeness (QED) is 0.630. The number of hydrogen-bond acceptors (Lipinski definition) is 4. The molecule has 1 saturated heterocycles. The summed E-state index contributed by atoms with van der Waals surface area (Å²) in [5.41, 5.74) is 0. The average Bonchev–Trinajstić information content (AvgIpc) is 2.31. The molecule has 0 amide bonds. The molecule has 1 rings (SSSR count). The Hall–Kier alpha value is 0.270. The van der Waals surface area contributed by atoms with Crippen LogP contribution in [0.15, 0.2) is 0 Å². The van der Waals surface area contributed by atoms with Gasteiger partial charge in [-0.1, -0.05) is 0 Å². The van der Waals surface area contributed by atoms with Gasteiger partial charge in [-0.25, -0.2) is 0 Å². The summed E-state index contributed by atoms with van der Waals surface area (Å²) < 4.78 is 10.00. The van der Waals surface area contributed by atoms with Gasteiger partial charge in [0.1, 0.15) is 0 Å². The van der Waals surface area contributed by atoms with E-state index in [1.165, 1.54) is 0 Å². The first-order valence-electron chi connectivity index (χ1n) is 3.64. The molecule has 0 aromatic carbocycles. The molecule has 11 heavy (non-hydrogen) atoms. The molecular formula is C6H13O4P. The maximum absolute atomic E-state index is 8.42. The van der Waals surface area contributed by atoms with Crippen LogP contribution in [-0.4, -0.2) is 28.6 Å². The molecule has 0 aliphatic carbocycles. The lowest BCUT2D eigenvalue weighted by Crippen LogP contribution is -2.14. The van der Waals surface area contributed by atoms with E-state index in [9.17, 15) is 0 Å². The lowest BCUT2D eigenvalue weighted by Gasteiger charge is -2.10. The average molecular weight is 180 g/mol. The summed E-state index contributed by atoms with van der Waals surface area (Å²) in [5.74, 6) is 0. The Balaban J connectivity index is 2.08. The van der Waals surface area contributed by atoms with Crippen molar-refractivity contribution in [3.05, 3.63) is 0 Å². The van der Waals surface area contributed by atoms with Gasteiger partial charge in [0.15, 0.2) is 0 Å². The molecule has 1 unspecified atom stereocenters. The first-order valence-corrected chi connectivity index (χ1v) is 4.81. The molecule has 0 aromatic rings. The van der Waals surface area contributed by atoms with Crippen LogP contribution in [0.25, 0.3) is 0 Å². The van der Waals surface area contributed by atoms with Gasteiger partial charge in [-0.15, -0.1) is 0 Å². The van der Waals surface area contributed by atoms with Crippen molar-refractivity contribution >= 4 is 8.60 Å². The molecule has 2 N–H and O–H groups in total. The fourth-order valence-electron chi connectivity index (χ4n) is 1.16. The van der Waals surface area contributed by atoms with Crippen LogP contribution in [0.5, 0.6) is 0 Å². The molecule has 5 heteroatoms. The van der Waals surface area contributed by atoms with Crippen LogP contribution in [0, 0.1) is 0 Å². The van der Waals surface area contributed by atoms with Crippen molar-refractivity contribution in [3.63, 3.8) is 0 Å². The SMILES string of the molecule is C[C@H]1CCC(COP(O)O)O1. The number of ether oxygens (including phenoxy) is 1. The van der Waals surface area contributed by atoms with Crippen LogP contribution in [-0.2, 0) is 9.26 Å². The van der Waals surface area contributed by atoms with Crippen molar-refractivity contribution in [2.75, 3.05) is 6.61 Å². The Morgan fingerprint density at radius 2 is 2.27 bits per heavy atom. The Morgan fingerprint density at radius 1 is 1.55 bits per heavy atom. The zero-order valence-electron chi connectivity index (χ0n) is 6.43. The molecule has 66 valence electrons. The van der Waals surface area contributed by atoms with Crippen molar-refractivity contribution in [3.8, 4) is 0 Å². The van der Waals surface area contributed by atoms with Crippen LogP contribution in [0.1, 0.15) is 19.8 Å². The van der Waals surface area contributed by atoms with Crippen LogP contribution in [0.4, 0.5) is 0 Å². The van der Waals surface area contributed by atoms with Gasteiger partial charge in [0.05, 0.1) is 18.8 Å². The molecule has 0 spiro atoms. The van der Waals surface area contributed by atoms with Gasteiger partial charge in [0, 0.05) is 0 Å². The van der Waals surface area contributed by atoms with E-state index in [0.717, 1.165) is 12.8 Å². The first-order chi connectivity index (χ1) is 5.18. The Kier molecular flexibility index (Phi) is 3.69. The highest BCUT2D eigenvalue weighted by atomic mass is 31.2. The minimum atomic E-state index is -2.21. The van der Waals surface area contributed by atoms with Crippen LogP contribution in [0.3, 0.4) is 0 Å². The van der Waals surface area contributed by atoms with Gasteiger partial charge in [0.25, 0.3) is 0 Å². The number of rotatable bonds is 3. The molecule has 1 aliphatic rings. The largest absolute Gasteiger partial charge is 0.373 e. The minimum Gasteiger partial charge on any atom is -0.373 e. The highest BCUT2D eigenvalue weighted by Gasteiger charge is 2.22. The van der Waals surface area contributed by atoms with Crippen molar-refractivity contribution < 1.29 is 19.0 Å². The monoisotopic (exact) mass is 180 g/mol. The Labute approximate surface area is 67.1 Å². The van der Waals surface area contributed by atoms with Gasteiger partial charge in [0.2, 0.25) is 0 Å². The normalized spacial score (nSPS) is 31.6. The Bertz CT molecular complexity index is 119. The maximum atomic E-state index is 8.42. The van der Waals surface area contributed by atoms with Crippen LogP contribution >= 0.6 is 8.60 Å². The van der Waals surface area contributed by atoms with E-state index in [1.807, 2.05) is 6.92 Å². The van der Waals surface area contributed by atoms with Crippen molar-refractivity contribution in [1.29, 1.82) is 0 Å². The topological polar surface area (TPSA) is 58.9 Å². The lowest BCUT2D eigenvalue weighted by atomic mass is 10.2. The van der Waals surface area contributed by atoms with Gasteiger partial charge < -0.3 is 19.0 Å². The predicted octanol–water partition coefficient (Wildman–Crippen LogP) is 0.782. The molecule has 1 heterocycles. The molecule has 4 nitrogen and oxygen atoms in total. The van der Waals surface area contributed by atoms with Gasteiger partial charge in [-0.05, 0) is 19.8 Å². The second-order valence-electron chi connectivity index (χ2n) is 2.69. The molecular weight excluding hydrogens is 167 g/mol. The molecule has 1 fully saturated rings. The summed E-state index contributed by atoms with van der Waals surface area (Å²) in [6.45, 7) is 2.30. The zero-order valence-corrected chi connectivity index (χ0v) is 7.33. The van der Waals surface area contributed by atoms with E-state index in [-0.39, 0.29) is 12.2 Å². The maximum Gasteiger partial charge on any atom is 0.327 e. The molecule has 2 atom stereocenters. The van der Waals surface area contributed by atoms with Crippen molar-refractivity contribution in [2.45, 2.75) is 32.0 Å². The van der Waals surface area contributed by atoms with E-state index in [4.69, 9.17) is 14.5 Å². The summed E-state index contributed by atoms with van der Waals surface area (Å²) in [6.07, 6.45) is 2.31. The minimum absolute atomic E-state index is 0.0503. The van der Waals surface area contributed by atoms with Gasteiger partial charge >= 0.3 is 8.60 Å². The van der Waals surface area contributed by atoms with Crippen molar-refractivity contribution in [1.82, 2.24) is 0 Å². The fraction of sp³-hybridized carbons (Fsp3) is 1.00. The molecule has 1 aliphatic heterocycles. The third-order valence-corrected chi connectivity index (χ3v) is 2.08. The van der Waals surface area contributed by atoms with E-state index >= 15 is 0 Å². The highest BCUT2D eigenvalue weighted by Crippen LogP contribution is 2.27. The third-order valence-electron chi connectivity index (χ3n) is 1.70. The standard InChI is InChI=1S/C6H13O4P/c1-5-2-3-6(10-5)4-9-11(7)8/h5-8H,2-4H2,1H3/t5-,6?/m0/s1. The second-order valence-corrected chi connectivity index (χ2v) is 3.46. The summed E-state index contributed by atoms with van der Waals surface area (Å²) >= 11 is 0. The van der Waals surface area contributed by atoms with E-state index < -0.39 is 8.60 Å². The Morgan fingerprint density at radius 3 is 2.73 bits per heavy atom. The van der Waals surface area contributed by atoms with E-state index in [1.54, 1.807) is 0 Å². The number of hydrogen-bond donors (Lipinski definition) is 2. The summed E-state index contributed by atoms with van der Waals surface area (Å²) in [4.78, 5) is 16.8. The van der Waals surface area contributed by atoms with Crippen LogP contribution in [0.2, 0.25) is 0 Å². The molecule has 0 aromatic heterocycles. The smallest absolute Gasteiger partial charge is 0.327 e. The second kappa shape index (κ2) is 4.33. The van der Waals surface area contributed by atoms with E-state index in [0.29, 0.717) is 6.61 Å².